The zero-order chi connectivity index (χ0) is 15.2. The summed E-state index contributed by atoms with van der Waals surface area (Å²) in [6, 6.07) is 11.2. The average molecular weight is 284 g/mol. The molecule has 0 spiro atoms. The molecule has 0 aliphatic heterocycles. The largest absolute Gasteiger partial charge is 0.409 e. The molecule has 0 aliphatic carbocycles. The van der Waals surface area contributed by atoms with Gasteiger partial charge in [-0.25, -0.2) is 4.79 Å². The molecule has 2 rings (SSSR count). The van der Waals surface area contributed by atoms with E-state index in [0.717, 1.165) is 29.2 Å². The quantitative estimate of drug-likeness (QED) is 0.500. The zero-order valence-corrected chi connectivity index (χ0v) is 12.2. The Kier molecular flexibility index (Phi) is 5.06. The third-order valence-electron chi connectivity index (χ3n) is 3.43. The summed E-state index contributed by atoms with van der Waals surface area (Å²) in [5, 5.41) is 9.46. The van der Waals surface area contributed by atoms with Crippen molar-refractivity contribution in [1.82, 2.24) is 0 Å². The van der Waals surface area contributed by atoms with E-state index in [-0.39, 0.29) is 5.90 Å². The summed E-state index contributed by atoms with van der Waals surface area (Å²) >= 11 is 0. The van der Waals surface area contributed by atoms with Crippen molar-refractivity contribution in [2.45, 2.75) is 32.7 Å². The number of hydrogen-bond acceptors (Lipinski definition) is 4. The Hall–Kier alpha value is -2.20. The highest BCUT2D eigenvalue weighted by Crippen LogP contribution is 2.23. The second-order valence-corrected chi connectivity index (χ2v) is 4.94. The number of carbonyl (C=O) groups excluding carboxylic acids is 1. The number of unbranched alkanes of at least 4 members (excludes halogenated alkanes) is 1. The van der Waals surface area contributed by atoms with Crippen LogP contribution in [0.4, 0.5) is 0 Å². The van der Waals surface area contributed by atoms with Crippen molar-refractivity contribution in [3.8, 4) is 0 Å². The summed E-state index contributed by atoms with van der Waals surface area (Å²) in [4.78, 5) is 12.2. The van der Waals surface area contributed by atoms with Gasteiger partial charge >= 0.3 is 5.97 Å². The molecule has 4 nitrogen and oxygen atoms in total. The van der Waals surface area contributed by atoms with Gasteiger partial charge in [-0.05, 0) is 28.8 Å². The van der Waals surface area contributed by atoms with Crippen molar-refractivity contribution in [1.29, 1.82) is 5.41 Å². The maximum absolute atomic E-state index is 12.2. The fraction of sp³-hybridized carbons (Fsp3) is 0.294. The van der Waals surface area contributed by atoms with Gasteiger partial charge in [0.05, 0.1) is 5.56 Å². The van der Waals surface area contributed by atoms with E-state index in [0.29, 0.717) is 18.5 Å². The molecule has 0 radical (unpaired) electrons. The second-order valence-electron chi connectivity index (χ2n) is 4.94. The lowest BCUT2D eigenvalue weighted by Gasteiger charge is -2.10. The van der Waals surface area contributed by atoms with Crippen LogP contribution in [-0.4, -0.2) is 11.9 Å². The van der Waals surface area contributed by atoms with Gasteiger partial charge in [-0.2, -0.15) is 0 Å². The van der Waals surface area contributed by atoms with Gasteiger partial charge in [0.1, 0.15) is 0 Å². The van der Waals surface area contributed by atoms with Gasteiger partial charge in [0.15, 0.2) is 5.90 Å². The predicted molar refractivity (Wildman–Crippen MR) is 84.5 cm³/mol. The first-order valence-corrected chi connectivity index (χ1v) is 7.17. The van der Waals surface area contributed by atoms with Crippen molar-refractivity contribution in [3.05, 3.63) is 47.5 Å². The van der Waals surface area contributed by atoms with Gasteiger partial charge < -0.3 is 10.5 Å². The standard InChI is InChI=1S/C17H20N2O2/c1-2-3-8-16(19)21-17(20)15-10-9-12(11-18)13-6-4-5-7-14(13)15/h4-7,9-10,19H,2-3,8,11,18H2,1H3. The Morgan fingerprint density at radius 2 is 1.90 bits per heavy atom. The van der Waals surface area contributed by atoms with Gasteiger partial charge in [0.25, 0.3) is 0 Å². The van der Waals surface area contributed by atoms with Gasteiger partial charge in [-0.3, -0.25) is 5.41 Å². The SMILES string of the molecule is CCCCC(=N)OC(=O)c1ccc(CN)c2ccccc12. The van der Waals surface area contributed by atoms with E-state index < -0.39 is 5.97 Å². The molecule has 2 aromatic carbocycles. The van der Waals surface area contributed by atoms with Crippen LogP contribution >= 0.6 is 0 Å². The number of nitrogens with two attached hydrogens (primary N) is 1. The molecule has 0 aromatic heterocycles. The van der Waals surface area contributed by atoms with Gasteiger partial charge in [0, 0.05) is 13.0 Å². The molecule has 0 saturated heterocycles. The van der Waals surface area contributed by atoms with Crippen molar-refractivity contribution >= 4 is 22.6 Å². The molecule has 110 valence electrons. The molecular formula is C17H20N2O2. The molecule has 4 heteroatoms. The maximum Gasteiger partial charge on any atom is 0.345 e. The van der Waals surface area contributed by atoms with E-state index in [4.69, 9.17) is 15.9 Å². The minimum absolute atomic E-state index is 0.0221. The molecule has 0 amide bonds. The van der Waals surface area contributed by atoms with Crippen LogP contribution in [0, 0.1) is 5.41 Å². The third kappa shape index (κ3) is 3.47. The van der Waals surface area contributed by atoms with Crippen LogP contribution in [0.2, 0.25) is 0 Å². The summed E-state index contributed by atoms with van der Waals surface area (Å²) < 4.78 is 5.13. The van der Waals surface area contributed by atoms with Gasteiger partial charge in [-0.1, -0.05) is 43.7 Å². The zero-order valence-electron chi connectivity index (χ0n) is 12.2. The Morgan fingerprint density at radius 3 is 2.57 bits per heavy atom. The Morgan fingerprint density at radius 1 is 1.19 bits per heavy atom. The fourth-order valence-electron chi connectivity index (χ4n) is 2.27. The number of fused-ring (bicyclic) bond motifs is 1. The highest BCUT2D eigenvalue weighted by Gasteiger charge is 2.15. The molecule has 0 atom stereocenters. The molecule has 2 aromatic rings. The number of esters is 1. The first kappa shape index (κ1) is 15.2. The second kappa shape index (κ2) is 6.99. The number of hydrogen-bond donors (Lipinski definition) is 2. The van der Waals surface area contributed by atoms with E-state index in [9.17, 15) is 4.79 Å². The van der Waals surface area contributed by atoms with Crippen LogP contribution in [0.1, 0.15) is 42.1 Å². The minimum Gasteiger partial charge on any atom is -0.409 e. The summed E-state index contributed by atoms with van der Waals surface area (Å²) in [6.45, 7) is 2.45. The van der Waals surface area contributed by atoms with Gasteiger partial charge in [-0.15, -0.1) is 0 Å². The van der Waals surface area contributed by atoms with Crippen LogP contribution in [0.25, 0.3) is 10.8 Å². The first-order valence-electron chi connectivity index (χ1n) is 7.17. The topological polar surface area (TPSA) is 76.2 Å². The van der Waals surface area contributed by atoms with Crippen molar-refractivity contribution in [2.75, 3.05) is 0 Å². The molecule has 0 saturated carbocycles. The van der Waals surface area contributed by atoms with Crippen LogP contribution in [0.5, 0.6) is 0 Å². The normalized spacial score (nSPS) is 10.6. The van der Waals surface area contributed by atoms with Crippen molar-refractivity contribution in [3.63, 3.8) is 0 Å². The molecule has 0 heterocycles. The molecule has 21 heavy (non-hydrogen) atoms. The van der Waals surface area contributed by atoms with Crippen molar-refractivity contribution in [2.24, 2.45) is 5.73 Å². The summed E-state index contributed by atoms with van der Waals surface area (Å²) in [6.07, 6.45) is 2.30. The van der Waals surface area contributed by atoms with Gasteiger partial charge in [0.2, 0.25) is 0 Å². The first-order chi connectivity index (χ1) is 10.2. The minimum atomic E-state index is -0.476. The van der Waals surface area contributed by atoms with E-state index in [1.807, 2.05) is 37.3 Å². The lowest BCUT2D eigenvalue weighted by atomic mass is 9.99. The fourth-order valence-corrected chi connectivity index (χ4v) is 2.27. The van der Waals surface area contributed by atoms with Crippen molar-refractivity contribution < 1.29 is 9.53 Å². The Labute approximate surface area is 124 Å². The summed E-state index contributed by atoms with van der Waals surface area (Å²) in [5.74, 6) is -0.454. The van der Waals surface area contributed by atoms with Crippen LogP contribution in [0.15, 0.2) is 36.4 Å². The number of carbonyl (C=O) groups is 1. The summed E-state index contributed by atoms with van der Waals surface area (Å²) in [7, 11) is 0. The van der Waals surface area contributed by atoms with Crippen LogP contribution in [-0.2, 0) is 11.3 Å². The number of benzene rings is 2. The average Bonchev–Trinajstić information content (AvgIpc) is 2.51. The molecular weight excluding hydrogens is 264 g/mol. The smallest absolute Gasteiger partial charge is 0.345 e. The highest BCUT2D eigenvalue weighted by atomic mass is 16.5. The maximum atomic E-state index is 12.2. The lowest BCUT2D eigenvalue weighted by molar-refractivity contribution is 0.0711. The Balaban J connectivity index is 2.30. The lowest BCUT2D eigenvalue weighted by Crippen LogP contribution is -2.12. The number of rotatable bonds is 5. The predicted octanol–water partition coefficient (Wildman–Crippen LogP) is 3.62. The van der Waals surface area contributed by atoms with E-state index in [2.05, 4.69) is 0 Å². The molecule has 0 fully saturated rings. The molecule has 0 bridgehead atoms. The molecule has 0 unspecified atom stereocenters. The Bertz CT molecular complexity index is 665. The molecule has 3 N–H and O–H groups in total. The van der Waals surface area contributed by atoms with E-state index in [1.165, 1.54) is 0 Å². The number of ether oxygens (including phenoxy) is 1. The van der Waals surface area contributed by atoms with Crippen LogP contribution in [0.3, 0.4) is 0 Å². The molecule has 0 aliphatic rings. The third-order valence-corrected chi connectivity index (χ3v) is 3.43. The number of nitrogens with one attached hydrogen (secondary N) is 1. The van der Waals surface area contributed by atoms with Crippen LogP contribution < -0.4 is 5.73 Å². The highest BCUT2D eigenvalue weighted by molar-refractivity contribution is 6.08. The van der Waals surface area contributed by atoms with E-state index in [1.54, 1.807) is 6.07 Å². The summed E-state index contributed by atoms with van der Waals surface area (Å²) in [5.41, 5.74) is 7.19. The monoisotopic (exact) mass is 284 g/mol. The van der Waals surface area contributed by atoms with E-state index >= 15 is 0 Å².